The highest BCUT2D eigenvalue weighted by Gasteiger charge is 2.12. The number of nitrogens with one attached hydrogen (secondary N) is 1. The van der Waals surface area contributed by atoms with Crippen LogP contribution in [0.15, 0.2) is 41.8 Å². The first-order valence-corrected chi connectivity index (χ1v) is 6.61. The van der Waals surface area contributed by atoms with E-state index in [-0.39, 0.29) is 24.2 Å². The van der Waals surface area contributed by atoms with Crippen LogP contribution in [0.2, 0.25) is 0 Å². The van der Waals surface area contributed by atoms with Crippen LogP contribution in [0.5, 0.6) is 0 Å². The maximum atomic E-state index is 13.4. The van der Waals surface area contributed by atoms with Gasteiger partial charge in [-0.25, -0.2) is 4.39 Å². The second kappa shape index (κ2) is 5.78. The van der Waals surface area contributed by atoms with Crippen LogP contribution >= 0.6 is 11.3 Å². The van der Waals surface area contributed by atoms with E-state index in [0.717, 1.165) is 4.88 Å². The fraction of sp³-hybridized carbons (Fsp3) is 0.214. The summed E-state index contributed by atoms with van der Waals surface area (Å²) in [5.41, 5.74) is 0.424. The van der Waals surface area contributed by atoms with Crippen LogP contribution in [0, 0.1) is 5.82 Å². The van der Waals surface area contributed by atoms with Gasteiger partial charge in [0, 0.05) is 4.88 Å². The summed E-state index contributed by atoms with van der Waals surface area (Å²) in [4.78, 5) is 12.9. The average molecular weight is 263 g/mol. The lowest BCUT2D eigenvalue weighted by Gasteiger charge is -2.12. The summed E-state index contributed by atoms with van der Waals surface area (Å²) >= 11 is 1.59. The summed E-state index contributed by atoms with van der Waals surface area (Å²) < 4.78 is 13.4. The predicted octanol–water partition coefficient (Wildman–Crippen LogP) is 3.31. The molecule has 0 aliphatic heterocycles. The van der Waals surface area contributed by atoms with Gasteiger partial charge in [0.05, 0.1) is 12.5 Å². The molecule has 1 N–H and O–H groups in total. The van der Waals surface area contributed by atoms with Crippen LogP contribution in [-0.4, -0.2) is 5.91 Å². The molecule has 1 amide bonds. The molecule has 1 heterocycles. The van der Waals surface area contributed by atoms with E-state index in [1.165, 1.54) is 6.07 Å². The van der Waals surface area contributed by atoms with Crippen LogP contribution in [0.1, 0.15) is 23.4 Å². The summed E-state index contributed by atoms with van der Waals surface area (Å²) in [6, 6.07) is 10.2. The Morgan fingerprint density at radius 1 is 1.33 bits per heavy atom. The van der Waals surface area contributed by atoms with Gasteiger partial charge in [0.2, 0.25) is 5.91 Å². The molecule has 0 aliphatic carbocycles. The van der Waals surface area contributed by atoms with Crippen molar-refractivity contribution in [1.29, 1.82) is 0 Å². The van der Waals surface area contributed by atoms with Gasteiger partial charge in [-0.3, -0.25) is 4.79 Å². The first-order valence-electron chi connectivity index (χ1n) is 5.73. The van der Waals surface area contributed by atoms with Gasteiger partial charge in [0.15, 0.2) is 0 Å². The SMILES string of the molecule is C[C@H](NC(=O)Cc1ccccc1F)c1cccs1. The van der Waals surface area contributed by atoms with Crippen LogP contribution in [-0.2, 0) is 11.2 Å². The zero-order chi connectivity index (χ0) is 13.0. The van der Waals surface area contributed by atoms with Crippen molar-refractivity contribution in [2.75, 3.05) is 0 Å². The number of amides is 1. The molecule has 0 radical (unpaired) electrons. The minimum Gasteiger partial charge on any atom is -0.348 e. The standard InChI is InChI=1S/C14H14FNOS/c1-10(13-7-4-8-18-13)16-14(17)9-11-5-2-3-6-12(11)15/h2-8,10H,9H2,1H3,(H,16,17)/t10-/m0/s1. The van der Waals surface area contributed by atoms with E-state index in [4.69, 9.17) is 0 Å². The van der Waals surface area contributed by atoms with Crippen molar-refractivity contribution in [3.8, 4) is 0 Å². The zero-order valence-corrected chi connectivity index (χ0v) is 10.8. The third kappa shape index (κ3) is 3.17. The Morgan fingerprint density at radius 3 is 2.78 bits per heavy atom. The second-order valence-electron chi connectivity index (χ2n) is 4.07. The van der Waals surface area contributed by atoms with Gasteiger partial charge in [-0.15, -0.1) is 11.3 Å². The van der Waals surface area contributed by atoms with Crippen molar-refractivity contribution >= 4 is 17.2 Å². The predicted molar refractivity (Wildman–Crippen MR) is 71.0 cm³/mol. The molecule has 0 bridgehead atoms. The van der Waals surface area contributed by atoms with Gasteiger partial charge in [0.1, 0.15) is 5.82 Å². The lowest BCUT2D eigenvalue weighted by atomic mass is 10.1. The zero-order valence-electron chi connectivity index (χ0n) is 10.0. The molecule has 4 heteroatoms. The van der Waals surface area contributed by atoms with Crippen LogP contribution in [0.3, 0.4) is 0 Å². The number of benzene rings is 1. The number of rotatable bonds is 4. The van der Waals surface area contributed by atoms with Crippen molar-refractivity contribution < 1.29 is 9.18 Å². The summed E-state index contributed by atoms with van der Waals surface area (Å²) in [6.45, 7) is 1.92. The van der Waals surface area contributed by atoms with Crippen LogP contribution in [0.4, 0.5) is 4.39 Å². The molecule has 0 spiro atoms. The first kappa shape index (κ1) is 12.8. The molecule has 1 aromatic carbocycles. The highest BCUT2D eigenvalue weighted by molar-refractivity contribution is 7.10. The first-order chi connectivity index (χ1) is 8.66. The second-order valence-corrected chi connectivity index (χ2v) is 5.05. The smallest absolute Gasteiger partial charge is 0.225 e. The number of carbonyl (C=O) groups excluding carboxylic acids is 1. The van der Waals surface area contributed by atoms with E-state index in [2.05, 4.69) is 5.32 Å². The van der Waals surface area contributed by atoms with Crippen LogP contribution < -0.4 is 5.32 Å². The fourth-order valence-electron chi connectivity index (χ4n) is 1.72. The third-order valence-corrected chi connectivity index (χ3v) is 3.71. The van der Waals surface area contributed by atoms with Gasteiger partial charge < -0.3 is 5.32 Å². The molecule has 2 aromatic rings. The minimum atomic E-state index is -0.337. The molecule has 0 fully saturated rings. The van der Waals surface area contributed by atoms with E-state index in [1.807, 2.05) is 24.4 Å². The van der Waals surface area contributed by atoms with Gasteiger partial charge in [-0.2, -0.15) is 0 Å². The Morgan fingerprint density at radius 2 is 2.11 bits per heavy atom. The van der Waals surface area contributed by atoms with E-state index in [0.29, 0.717) is 5.56 Å². The number of hydrogen-bond acceptors (Lipinski definition) is 2. The molecular weight excluding hydrogens is 249 g/mol. The molecule has 18 heavy (non-hydrogen) atoms. The molecule has 2 nitrogen and oxygen atoms in total. The highest BCUT2D eigenvalue weighted by Crippen LogP contribution is 2.18. The maximum Gasteiger partial charge on any atom is 0.225 e. The normalized spacial score (nSPS) is 12.1. The molecule has 0 saturated heterocycles. The molecule has 0 aliphatic rings. The van der Waals surface area contributed by atoms with Gasteiger partial charge >= 0.3 is 0 Å². The number of hydrogen-bond donors (Lipinski definition) is 1. The van der Waals surface area contributed by atoms with Gasteiger partial charge in [0.25, 0.3) is 0 Å². The quantitative estimate of drug-likeness (QED) is 0.901. The van der Waals surface area contributed by atoms with Crippen molar-refractivity contribution in [3.63, 3.8) is 0 Å². The summed E-state index contributed by atoms with van der Waals surface area (Å²) in [5.74, 6) is -0.502. The van der Waals surface area contributed by atoms with Crippen LogP contribution in [0.25, 0.3) is 0 Å². The Kier molecular flexibility index (Phi) is 4.10. The highest BCUT2D eigenvalue weighted by atomic mass is 32.1. The van der Waals surface area contributed by atoms with E-state index >= 15 is 0 Å². The summed E-state index contributed by atoms with van der Waals surface area (Å²) in [7, 11) is 0. The van der Waals surface area contributed by atoms with E-state index in [1.54, 1.807) is 29.5 Å². The lowest BCUT2D eigenvalue weighted by molar-refractivity contribution is -0.121. The Balaban J connectivity index is 1.95. The Labute approximate surface area is 109 Å². The topological polar surface area (TPSA) is 29.1 Å². The fourth-order valence-corrected chi connectivity index (χ4v) is 2.45. The molecular formula is C14H14FNOS. The molecule has 2 rings (SSSR count). The molecule has 0 saturated carbocycles. The van der Waals surface area contributed by atoms with Gasteiger partial charge in [-0.05, 0) is 30.0 Å². The monoisotopic (exact) mass is 263 g/mol. The third-order valence-electron chi connectivity index (χ3n) is 2.66. The number of halogens is 1. The molecule has 0 unspecified atom stereocenters. The Bertz CT molecular complexity index is 524. The number of thiophene rings is 1. The summed E-state index contributed by atoms with van der Waals surface area (Å²) in [5, 5.41) is 4.83. The average Bonchev–Trinajstić information content (AvgIpc) is 2.85. The largest absolute Gasteiger partial charge is 0.348 e. The van der Waals surface area contributed by atoms with E-state index in [9.17, 15) is 9.18 Å². The lowest BCUT2D eigenvalue weighted by Crippen LogP contribution is -2.27. The molecule has 1 atom stereocenters. The van der Waals surface area contributed by atoms with E-state index < -0.39 is 0 Å². The molecule has 94 valence electrons. The molecule has 1 aromatic heterocycles. The minimum absolute atomic E-state index is 0.0377. The van der Waals surface area contributed by atoms with Crippen molar-refractivity contribution in [1.82, 2.24) is 5.32 Å². The Hall–Kier alpha value is -1.68. The van der Waals surface area contributed by atoms with Crippen molar-refractivity contribution in [2.45, 2.75) is 19.4 Å². The van der Waals surface area contributed by atoms with Crippen molar-refractivity contribution in [2.24, 2.45) is 0 Å². The summed E-state index contributed by atoms with van der Waals surface area (Å²) in [6.07, 6.45) is 0.0718. The maximum absolute atomic E-state index is 13.4. The van der Waals surface area contributed by atoms with Gasteiger partial charge in [-0.1, -0.05) is 24.3 Å². The van der Waals surface area contributed by atoms with Crippen molar-refractivity contribution in [3.05, 3.63) is 58.0 Å². The number of carbonyl (C=O) groups is 1.